The van der Waals surface area contributed by atoms with E-state index < -0.39 is 0 Å². The molecule has 0 atom stereocenters. The summed E-state index contributed by atoms with van der Waals surface area (Å²) < 4.78 is 2.91. The molecule has 1 N–H and O–H groups in total. The zero-order chi connectivity index (χ0) is 16.9. The normalized spacial score (nSPS) is 10.5. The van der Waals surface area contributed by atoms with Crippen LogP contribution in [-0.4, -0.2) is 30.5 Å². The average Bonchev–Trinajstić information content (AvgIpc) is 3.12. The van der Waals surface area contributed by atoms with Gasteiger partial charge in [-0.25, -0.2) is 14.3 Å². The Balaban J connectivity index is 1.75. The Bertz CT molecular complexity index is 884. The molecule has 0 aliphatic heterocycles. The van der Waals surface area contributed by atoms with E-state index >= 15 is 0 Å². The lowest BCUT2D eigenvalue weighted by Crippen LogP contribution is -2.26. The van der Waals surface area contributed by atoms with Crippen LogP contribution < -0.4 is 10.9 Å². The van der Waals surface area contributed by atoms with Crippen LogP contribution in [-0.2, 0) is 6.54 Å². The largest absolute Gasteiger partial charge is 0.321 e. The zero-order valence-electron chi connectivity index (χ0n) is 13.1. The van der Waals surface area contributed by atoms with E-state index in [9.17, 15) is 9.59 Å². The van der Waals surface area contributed by atoms with Crippen molar-refractivity contribution in [3.8, 4) is 5.69 Å². The Morgan fingerprint density at radius 3 is 2.62 bits per heavy atom. The maximum atomic E-state index is 12.3. The first-order chi connectivity index (χ1) is 11.7. The SMILES string of the molecule is CCCn1nc(C(=O)Nc2ccc(-n3cncn3)cc2)ccc1=O. The fourth-order valence-electron chi connectivity index (χ4n) is 2.18. The number of aromatic nitrogens is 5. The molecule has 3 aromatic rings. The van der Waals surface area contributed by atoms with Crippen LogP contribution in [0.5, 0.6) is 0 Å². The maximum Gasteiger partial charge on any atom is 0.276 e. The number of anilines is 1. The first-order valence-electron chi connectivity index (χ1n) is 7.52. The molecule has 2 aromatic heterocycles. The summed E-state index contributed by atoms with van der Waals surface area (Å²) in [7, 11) is 0. The van der Waals surface area contributed by atoms with E-state index in [1.807, 2.05) is 19.1 Å². The van der Waals surface area contributed by atoms with Crippen molar-refractivity contribution in [2.45, 2.75) is 19.9 Å². The minimum Gasteiger partial charge on any atom is -0.321 e. The van der Waals surface area contributed by atoms with Crippen molar-refractivity contribution in [2.75, 3.05) is 5.32 Å². The Hall–Kier alpha value is -3.29. The van der Waals surface area contributed by atoms with Crippen LogP contribution in [0.2, 0.25) is 0 Å². The molecule has 8 heteroatoms. The molecule has 0 saturated carbocycles. The predicted octanol–water partition coefficient (Wildman–Crippen LogP) is 1.49. The Kier molecular flexibility index (Phi) is 4.46. The summed E-state index contributed by atoms with van der Waals surface area (Å²) in [6, 6.07) is 9.93. The lowest BCUT2D eigenvalue weighted by Gasteiger charge is -2.08. The van der Waals surface area contributed by atoms with Gasteiger partial charge in [0.1, 0.15) is 18.3 Å². The van der Waals surface area contributed by atoms with Crippen LogP contribution in [0.4, 0.5) is 5.69 Å². The fourth-order valence-corrected chi connectivity index (χ4v) is 2.18. The Labute approximate surface area is 137 Å². The minimum atomic E-state index is -0.367. The summed E-state index contributed by atoms with van der Waals surface area (Å²) in [5.74, 6) is -0.367. The fraction of sp³-hybridized carbons (Fsp3) is 0.188. The first kappa shape index (κ1) is 15.6. The summed E-state index contributed by atoms with van der Waals surface area (Å²) in [4.78, 5) is 27.8. The number of rotatable bonds is 5. The van der Waals surface area contributed by atoms with Gasteiger partial charge in [0.25, 0.3) is 11.5 Å². The van der Waals surface area contributed by atoms with Crippen molar-refractivity contribution in [3.63, 3.8) is 0 Å². The van der Waals surface area contributed by atoms with Crippen molar-refractivity contribution in [2.24, 2.45) is 0 Å². The molecule has 2 heterocycles. The van der Waals surface area contributed by atoms with Gasteiger partial charge in [-0.1, -0.05) is 6.92 Å². The number of nitrogens with one attached hydrogen (secondary N) is 1. The molecule has 0 bridgehead atoms. The van der Waals surface area contributed by atoms with Crippen molar-refractivity contribution in [1.29, 1.82) is 0 Å². The second kappa shape index (κ2) is 6.86. The van der Waals surface area contributed by atoms with E-state index in [0.29, 0.717) is 12.2 Å². The van der Waals surface area contributed by atoms with Gasteiger partial charge >= 0.3 is 0 Å². The standard InChI is InChI=1S/C16H16N6O2/c1-2-9-21-15(23)8-7-14(20-21)16(24)19-12-3-5-13(6-4-12)22-11-17-10-18-22/h3-8,10-11H,2,9H2,1H3,(H,19,24). The topological polar surface area (TPSA) is 94.7 Å². The van der Waals surface area contributed by atoms with Gasteiger partial charge < -0.3 is 5.32 Å². The molecule has 0 aliphatic rings. The highest BCUT2D eigenvalue weighted by atomic mass is 16.2. The molecular formula is C16H16N6O2. The molecule has 1 aromatic carbocycles. The highest BCUT2D eigenvalue weighted by Crippen LogP contribution is 2.13. The van der Waals surface area contributed by atoms with Crippen molar-refractivity contribution in [3.05, 3.63) is 65.1 Å². The molecule has 0 aliphatic carbocycles. The lowest BCUT2D eigenvalue weighted by atomic mass is 10.2. The Morgan fingerprint density at radius 2 is 1.96 bits per heavy atom. The number of carbonyl (C=O) groups is 1. The number of nitrogens with zero attached hydrogens (tertiary/aromatic N) is 5. The van der Waals surface area contributed by atoms with E-state index in [-0.39, 0.29) is 17.2 Å². The van der Waals surface area contributed by atoms with Crippen molar-refractivity contribution < 1.29 is 4.79 Å². The van der Waals surface area contributed by atoms with Crippen LogP contribution in [0.25, 0.3) is 5.69 Å². The second-order valence-electron chi connectivity index (χ2n) is 5.12. The summed E-state index contributed by atoms with van der Waals surface area (Å²) in [6.07, 6.45) is 3.81. The van der Waals surface area contributed by atoms with Gasteiger partial charge in [0.05, 0.1) is 5.69 Å². The Morgan fingerprint density at radius 1 is 1.17 bits per heavy atom. The summed E-state index contributed by atoms with van der Waals surface area (Å²) in [5.41, 5.74) is 1.44. The van der Waals surface area contributed by atoms with E-state index in [1.165, 1.54) is 23.1 Å². The monoisotopic (exact) mass is 324 g/mol. The van der Waals surface area contributed by atoms with Gasteiger partial charge in [-0.3, -0.25) is 9.59 Å². The molecule has 0 unspecified atom stereocenters. The zero-order valence-corrected chi connectivity index (χ0v) is 13.1. The number of carbonyl (C=O) groups excluding carboxylic acids is 1. The molecule has 122 valence electrons. The van der Waals surface area contributed by atoms with Crippen LogP contribution in [0.15, 0.2) is 53.8 Å². The van der Waals surface area contributed by atoms with E-state index in [1.54, 1.807) is 23.1 Å². The number of aryl methyl sites for hydroxylation is 1. The second-order valence-corrected chi connectivity index (χ2v) is 5.12. The third-order valence-corrected chi connectivity index (χ3v) is 3.34. The van der Waals surface area contributed by atoms with Gasteiger partial charge in [0.2, 0.25) is 0 Å². The van der Waals surface area contributed by atoms with Gasteiger partial charge in [0, 0.05) is 18.3 Å². The highest BCUT2D eigenvalue weighted by Gasteiger charge is 2.10. The van der Waals surface area contributed by atoms with Gasteiger partial charge in [-0.2, -0.15) is 10.2 Å². The van der Waals surface area contributed by atoms with Crippen molar-refractivity contribution >= 4 is 11.6 Å². The van der Waals surface area contributed by atoms with Gasteiger partial charge in [-0.05, 0) is 36.8 Å². The number of hydrogen-bond donors (Lipinski definition) is 1. The number of benzene rings is 1. The van der Waals surface area contributed by atoms with Gasteiger partial charge in [-0.15, -0.1) is 0 Å². The number of hydrogen-bond acceptors (Lipinski definition) is 5. The molecule has 8 nitrogen and oxygen atoms in total. The molecule has 1 amide bonds. The molecule has 24 heavy (non-hydrogen) atoms. The van der Waals surface area contributed by atoms with E-state index in [2.05, 4.69) is 20.5 Å². The van der Waals surface area contributed by atoms with Crippen LogP contribution in [0.3, 0.4) is 0 Å². The third kappa shape index (κ3) is 3.37. The minimum absolute atomic E-state index is 0.198. The van der Waals surface area contributed by atoms with E-state index in [0.717, 1.165) is 12.1 Å². The number of amides is 1. The molecule has 0 spiro atoms. The molecular weight excluding hydrogens is 308 g/mol. The summed E-state index contributed by atoms with van der Waals surface area (Å²) in [5, 5.41) is 10.9. The van der Waals surface area contributed by atoms with Crippen LogP contribution in [0, 0.1) is 0 Å². The highest BCUT2D eigenvalue weighted by molar-refractivity contribution is 6.02. The summed E-state index contributed by atoms with van der Waals surface area (Å²) >= 11 is 0. The van der Waals surface area contributed by atoms with Crippen LogP contribution >= 0.6 is 0 Å². The molecule has 3 rings (SSSR count). The summed E-state index contributed by atoms with van der Waals surface area (Å²) in [6.45, 7) is 2.42. The molecule has 0 radical (unpaired) electrons. The van der Waals surface area contributed by atoms with Crippen LogP contribution in [0.1, 0.15) is 23.8 Å². The predicted molar refractivity (Wildman–Crippen MR) is 88.1 cm³/mol. The smallest absolute Gasteiger partial charge is 0.276 e. The first-order valence-corrected chi connectivity index (χ1v) is 7.52. The molecule has 0 fully saturated rings. The average molecular weight is 324 g/mol. The lowest BCUT2D eigenvalue weighted by molar-refractivity contribution is 0.102. The van der Waals surface area contributed by atoms with Gasteiger partial charge in [0.15, 0.2) is 0 Å². The van der Waals surface area contributed by atoms with Crippen molar-refractivity contribution in [1.82, 2.24) is 24.5 Å². The quantitative estimate of drug-likeness (QED) is 0.767. The maximum absolute atomic E-state index is 12.3. The van der Waals surface area contributed by atoms with E-state index in [4.69, 9.17) is 0 Å². The third-order valence-electron chi connectivity index (χ3n) is 3.34. The molecule has 0 saturated heterocycles.